The molecule has 2 aromatic heterocycles. The first-order valence-corrected chi connectivity index (χ1v) is 13.4. The van der Waals surface area contributed by atoms with Crippen LogP contribution in [0.5, 0.6) is 0 Å². The number of halogens is 1. The third kappa shape index (κ3) is 5.04. The van der Waals surface area contributed by atoms with E-state index >= 15 is 0 Å². The van der Waals surface area contributed by atoms with Gasteiger partial charge in [0.1, 0.15) is 0 Å². The quantitative estimate of drug-likeness (QED) is 0.262. The molecule has 1 aliphatic heterocycles. The predicted molar refractivity (Wildman–Crippen MR) is 157 cm³/mol. The van der Waals surface area contributed by atoms with Gasteiger partial charge in [-0.25, -0.2) is 0 Å². The van der Waals surface area contributed by atoms with Crippen LogP contribution in [0.4, 0.5) is 5.69 Å². The van der Waals surface area contributed by atoms with E-state index < -0.39 is 0 Å². The number of aromatic nitrogens is 2. The van der Waals surface area contributed by atoms with Gasteiger partial charge in [0.15, 0.2) is 5.11 Å². The van der Waals surface area contributed by atoms with Crippen LogP contribution in [0.2, 0.25) is 5.02 Å². The smallest absolute Gasteiger partial charge is 0.226 e. The van der Waals surface area contributed by atoms with E-state index in [1.165, 1.54) is 0 Å². The molecule has 5 rings (SSSR count). The molecule has 194 valence electrons. The van der Waals surface area contributed by atoms with E-state index in [0.29, 0.717) is 23.1 Å². The zero-order chi connectivity index (χ0) is 26.8. The number of anilines is 1. The van der Waals surface area contributed by atoms with Gasteiger partial charge in [-0.15, -0.1) is 0 Å². The van der Waals surface area contributed by atoms with Crippen LogP contribution >= 0.6 is 23.8 Å². The first-order valence-electron chi connectivity index (χ1n) is 12.6. The number of aryl methyl sites for hydroxylation is 2. The molecule has 0 unspecified atom stereocenters. The summed E-state index contributed by atoms with van der Waals surface area (Å²) in [6.07, 6.45) is 2.09. The van der Waals surface area contributed by atoms with E-state index in [1.54, 1.807) is 6.20 Å². The van der Waals surface area contributed by atoms with Crippen molar-refractivity contribution in [3.8, 4) is 5.69 Å². The molecule has 8 heteroatoms. The van der Waals surface area contributed by atoms with Gasteiger partial charge in [0.25, 0.3) is 0 Å². The lowest BCUT2D eigenvalue weighted by atomic mass is 9.96. The van der Waals surface area contributed by atoms with Crippen molar-refractivity contribution in [3.05, 3.63) is 112 Å². The van der Waals surface area contributed by atoms with Crippen molar-refractivity contribution in [2.75, 3.05) is 11.9 Å². The Kier molecular flexibility index (Phi) is 7.49. The van der Waals surface area contributed by atoms with Crippen molar-refractivity contribution in [3.63, 3.8) is 0 Å². The number of pyridine rings is 1. The molecule has 0 bridgehead atoms. The van der Waals surface area contributed by atoms with Gasteiger partial charge in [-0.2, -0.15) is 0 Å². The number of hydrogen-bond donors (Lipinski definition) is 2. The van der Waals surface area contributed by atoms with Gasteiger partial charge in [-0.3, -0.25) is 9.78 Å². The van der Waals surface area contributed by atoms with E-state index in [4.69, 9.17) is 23.8 Å². The fourth-order valence-corrected chi connectivity index (χ4v) is 5.78. The Labute approximate surface area is 233 Å². The van der Waals surface area contributed by atoms with Crippen LogP contribution < -0.4 is 10.6 Å². The first kappa shape index (κ1) is 25.9. The fourth-order valence-electron chi connectivity index (χ4n) is 5.22. The third-order valence-electron chi connectivity index (χ3n) is 7.08. The highest BCUT2D eigenvalue weighted by molar-refractivity contribution is 7.80. The molecule has 3 heterocycles. The van der Waals surface area contributed by atoms with Crippen molar-refractivity contribution in [1.29, 1.82) is 0 Å². The van der Waals surface area contributed by atoms with Gasteiger partial charge in [0.2, 0.25) is 5.91 Å². The van der Waals surface area contributed by atoms with E-state index in [0.717, 1.165) is 39.6 Å². The van der Waals surface area contributed by atoms with Gasteiger partial charge in [-0.1, -0.05) is 48.0 Å². The molecular weight excluding hydrogens is 514 g/mol. The van der Waals surface area contributed by atoms with Crippen LogP contribution in [0.1, 0.15) is 46.7 Å². The average molecular weight is 544 g/mol. The maximum atomic E-state index is 12.9. The highest BCUT2D eigenvalue weighted by atomic mass is 35.5. The van der Waals surface area contributed by atoms with Gasteiger partial charge in [-0.05, 0) is 80.5 Å². The number of hydrogen-bond acceptors (Lipinski definition) is 3. The molecule has 4 aromatic rings. The molecule has 6 nitrogen and oxygen atoms in total. The highest BCUT2D eigenvalue weighted by Gasteiger charge is 2.41. The summed E-state index contributed by atoms with van der Waals surface area (Å²) in [6.45, 7) is 6.63. The summed E-state index contributed by atoms with van der Waals surface area (Å²) in [5.41, 5.74) is 6.94. The van der Waals surface area contributed by atoms with Crippen molar-refractivity contribution < 1.29 is 4.79 Å². The summed E-state index contributed by atoms with van der Waals surface area (Å²) in [7, 11) is 0. The zero-order valence-electron chi connectivity index (χ0n) is 21.6. The summed E-state index contributed by atoms with van der Waals surface area (Å²) in [5, 5.41) is 7.82. The van der Waals surface area contributed by atoms with Crippen LogP contribution in [0.25, 0.3) is 5.69 Å². The van der Waals surface area contributed by atoms with Gasteiger partial charge < -0.3 is 20.1 Å². The zero-order valence-corrected chi connectivity index (χ0v) is 23.2. The number of para-hydroxylation sites is 2. The topological polar surface area (TPSA) is 62.2 Å². The van der Waals surface area contributed by atoms with E-state index in [2.05, 4.69) is 45.0 Å². The Morgan fingerprint density at radius 3 is 2.53 bits per heavy atom. The van der Waals surface area contributed by atoms with Crippen molar-refractivity contribution in [2.24, 2.45) is 0 Å². The molecule has 1 amide bonds. The molecule has 38 heavy (non-hydrogen) atoms. The molecule has 1 aliphatic rings. The minimum absolute atomic E-state index is 0.0522. The van der Waals surface area contributed by atoms with Gasteiger partial charge >= 0.3 is 0 Å². The molecule has 1 saturated heterocycles. The molecule has 2 atom stereocenters. The molecule has 0 radical (unpaired) electrons. The van der Waals surface area contributed by atoms with E-state index in [-0.39, 0.29) is 18.0 Å². The Balaban J connectivity index is 1.48. The van der Waals surface area contributed by atoms with Crippen molar-refractivity contribution >= 4 is 40.5 Å². The number of thiocarbonyl (C=S) groups is 1. The SMILES string of the molecule is Cc1ccccc1NC(=O)CCN1C(=S)N[C@H](c2ccccn2)[C@H]1c1cc(C)n(-c2ccccc2Cl)c1C. The monoisotopic (exact) mass is 543 g/mol. The molecule has 0 spiro atoms. The largest absolute Gasteiger partial charge is 0.352 e. The molecule has 0 saturated carbocycles. The summed E-state index contributed by atoms with van der Waals surface area (Å²) in [4.78, 5) is 19.7. The van der Waals surface area contributed by atoms with Gasteiger partial charge in [0, 0.05) is 36.2 Å². The van der Waals surface area contributed by atoms with E-state index in [1.807, 2.05) is 73.7 Å². The molecule has 2 N–H and O–H groups in total. The Bertz CT molecular complexity index is 1490. The molecule has 2 aromatic carbocycles. The normalized spacial score (nSPS) is 16.9. The third-order valence-corrected chi connectivity index (χ3v) is 7.75. The Morgan fingerprint density at radius 2 is 1.79 bits per heavy atom. The molecule has 1 fully saturated rings. The minimum atomic E-state index is -0.164. The lowest BCUT2D eigenvalue weighted by molar-refractivity contribution is -0.116. The van der Waals surface area contributed by atoms with Crippen molar-refractivity contribution in [2.45, 2.75) is 39.3 Å². The standard InChI is InChI=1S/C30H30ClN5OS/c1-19-10-4-6-12-24(19)33-27(37)15-17-35-29(28(34-30(35)38)25-13-8-9-16-32-25)22-18-20(2)36(21(22)3)26-14-7-5-11-23(26)31/h4-14,16,18,28-29H,15,17H2,1-3H3,(H,33,37)(H,34,38)/t28-,29-/m1/s1. The summed E-state index contributed by atoms with van der Waals surface area (Å²) in [5.74, 6) is -0.0522. The summed E-state index contributed by atoms with van der Waals surface area (Å²) >= 11 is 12.4. The maximum Gasteiger partial charge on any atom is 0.226 e. The number of amides is 1. The molecular formula is C30H30ClN5OS. The van der Waals surface area contributed by atoms with Crippen LogP contribution in [0.3, 0.4) is 0 Å². The lowest BCUT2D eigenvalue weighted by Crippen LogP contribution is -2.33. The number of nitrogens with zero attached hydrogens (tertiary/aromatic N) is 3. The minimum Gasteiger partial charge on any atom is -0.352 e. The maximum absolute atomic E-state index is 12.9. The summed E-state index contributed by atoms with van der Waals surface area (Å²) < 4.78 is 2.18. The number of benzene rings is 2. The average Bonchev–Trinajstić information content (AvgIpc) is 3.39. The number of nitrogens with one attached hydrogen (secondary N) is 2. The first-order chi connectivity index (χ1) is 18.3. The second-order valence-electron chi connectivity index (χ2n) is 9.55. The second kappa shape index (κ2) is 11.0. The van der Waals surface area contributed by atoms with Crippen LogP contribution in [0.15, 0.2) is 79.0 Å². The fraction of sp³-hybridized carbons (Fsp3) is 0.233. The summed E-state index contributed by atoms with van der Waals surface area (Å²) in [6, 6.07) is 23.4. The number of carbonyl (C=O) groups excluding carboxylic acids is 1. The Hall–Kier alpha value is -3.68. The van der Waals surface area contributed by atoms with Crippen LogP contribution in [-0.2, 0) is 4.79 Å². The van der Waals surface area contributed by atoms with Crippen LogP contribution in [-0.4, -0.2) is 32.0 Å². The Morgan fingerprint density at radius 1 is 1.05 bits per heavy atom. The van der Waals surface area contributed by atoms with Crippen molar-refractivity contribution in [1.82, 2.24) is 19.8 Å². The number of rotatable bonds is 7. The highest BCUT2D eigenvalue weighted by Crippen LogP contribution is 2.42. The lowest BCUT2D eigenvalue weighted by Gasteiger charge is -2.28. The predicted octanol–water partition coefficient (Wildman–Crippen LogP) is 6.45. The van der Waals surface area contributed by atoms with E-state index in [9.17, 15) is 4.79 Å². The van der Waals surface area contributed by atoms with Gasteiger partial charge in [0.05, 0.1) is 28.5 Å². The number of carbonyl (C=O) groups is 1. The van der Waals surface area contributed by atoms with Crippen LogP contribution in [0, 0.1) is 20.8 Å². The second-order valence-corrected chi connectivity index (χ2v) is 10.3. The molecule has 0 aliphatic carbocycles.